The van der Waals surface area contributed by atoms with E-state index in [-0.39, 0.29) is 43.6 Å². The molecule has 2 amide bonds. The molecule has 0 unspecified atom stereocenters. The van der Waals surface area contributed by atoms with Gasteiger partial charge in [-0.3, -0.25) is 19.4 Å². The van der Waals surface area contributed by atoms with Crippen molar-refractivity contribution in [1.82, 2.24) is 14.9 Å². The maximum absolute atomic E-state index is 13.8. The normalized spacial score (nSPS) is 17.0. The highest BCUT2D eigenvalue weighted by atomic mass is 19.1. The van der Waals surface area contributed by atoms with Gasteiger partial charge in [0.05, 0.1) is 24.5 Å². The van der Waals surface area contributed by atoms with Crippen molar-refractivity contribution in [2.45, 2.75) is 44.2 Å². The fourth-order valence-corrected chi connectivity index (χ4v) is 5.81. The highest BCUT2D eigenvalue weighted by Gasteiger charge is 2.51. The second-order valence-electron chi connectivity index (χ2n) is 10.4. The van der Waals surface area contributed by atoms with Gasteiger partial charge in [-0.1, -0.05) is 18.2 Å². The molecule has 0 fully saturated rings. The second kappa shape index (κ2) is 10.1. The number of carbonyl (C=O) groups excluding carboxylic acids is 3. The van der Waals surface area contributed by atoms with Crippen LogP contribution in [0.15, 0.2) is 67.0 Å². The summed E-state index contributed by atoms with van der Waals surface area (Å²) in [5, 5.41) is 3.84. The van der Waals surface area contributed by atoms with E-state index >= 15 is 0 Å². The molecular formula is C31H27FN4O4. The average molecular weight is 539 g/mol. The van der Waals surface area contributed by atoms with E-state index in [1.54, 1.807) is 29.4 Å². The molecule has 8 nitrogen and oxygen atoms in total. The number of pyridine rings is 2. The van der Waals surface area contributed by atoms with E-state index in [0.717, 1.165) is 33.2 Å². The number of carbonyl (C=O) groups is 3. The van der Waals surface area contributed by atoms with Crippen molar-refractivity contribution in [1.29, 1.82) is 0 Å². The van der Waals surface area contributed by atoms with Gasteiger partial charge >= 0.3 is 5.97 Å². The number of amides is 2. The third-order valence-corrected chi connectivity index (χ3v) is 7.79. The molecule has 3 heterocycles. The number of benzene rings is 2. The number of aromatic nitrogens is 2. The first-order valence-corrected chi connectivity index (χ1v) is 13.1. The minimum Gasteiger partial charge on any atom is -0.469 e. The number of rotatable bonds is 7. The van der Waals surface area contributed by atoms with E-state index in [1.807, 2.05) is 24.3 Å². The summed E-state index contributed by atoms with van der Waals surface area (Å²) in [6.45, 7) is 0.424. The number of hydrogen-bond acceptors (Lipinski definition) is 6. The summed E-state index contributed by atoms with van der Waals surface area (Å²) in [7, 11) is 1.28. The predicted octanol–water partition coefficient (Wildman–Crippen LogP) is 4.24. The zero-order chi connectivity index (χ0) is 27.9. The van der Waals surface area contributed by atoms with Crippen LogP contribution in [-0.4, -0.2) is 39.8 Å². The van der Waals surface area contributed by atoms with Crippen LogP contribution in [0.1, 0.15) is 40.7 Å². The van der Waals surface area contributed by atoms with Crippen molar-refractivity contribution in [2.24, 2.45) is 0 Å². The lowest BCUT2D eigenvalue weighted by Gasteiger charge is -2.23. The van der Waals surface area contributed by atoms with Crippen LogP contribution in [0.2, 0.25) is 0 Å². The molecule has 0 saturated carbocycles. The Hall–Kier alpha value is -4.66. The summed E-state index contributed by atoms with van der Waals surface area (Å²) in [6.07, 6.45) is 4.51. The molecule has 1 aliphatic carbocycles. The molecule has 0 bridgehead atoms. The molecule has 1 N–H and O–H groups in total. The van der Waals surface area contributed by atoms with Crippen LogP contribution < -0.4 is 5.32 Å². The van der Waals surface area contributed by atoms with Crippen LogP contribution >= 0.6 is 0 Å². The summed E-state index contributed by atoms with van der Waals surface area (Å²) in [6, 6.07) is 16.0. The van der Waals surface area contributed by atoms with Gasteiger partial charge in [0.15, 0.2) is 0 Å². The van der Waals surface area contributed by atoms with E-state index in [2.05, 4.69) is 26.1 Å². The van der Waals surface area contributed by atoms with Crippen LogP contribution in [0.25, 0.3) is 10.9 Å². The quantitative estimate of drug-likeness (QED) is 0.353. The number of hydrogen-bond donors (Lipinski definition) is 1. The Bertz CT molecular complexity index is 1670. The Kier molecular flexibility index (Phi) is 6.50. The zero-order valence-electron chi connectivity index (χ0n) is 21.9. The summed E-state index contributed by atoms with van der Waals surface area (Å²) < 4.78 is 18.5. The van der Waals surface area contributed by atoms with E-state index in [4.69, 9.17) is 0 Å². The Morgan fingerprint density at radius 2 is 1.80 bits per heavy atom. The summed E-state index contributed by atoms with van der Waals surface area (Å²) >= 11 is 0. The van der Waals surface area contributed by atoms with Gasteiger partial charge in [-0.05, 0) is 71.5 Å². The van der Waals surface area contributed by atoms with Gasteiger partial charge in [-0.2, -0.15) is 0 Å². The smallest absolute Gasteiger partial charge is 0.306 e. The van der Waals surface area contributed by atoms with E-state index < -0.39 is 11.4 Å². The maximum Gasteiger partial charge on any atom is 0.306 e. The predicted molar refractivity (Wildman–Crippen MR) is 146 cm³/mol. The molecule has 40 heavy (non-hydrogen) atoms. The molecule has 0 saturated heterocycles. The van der Waals surface area contributed by atoms with Gasteiger partial charge in [0.1, 0.15) is 11.6 Å². The van der Waals surface area contributed by atoms with Gasteiger partial charge in [-0.15, -0.1) is 0 Å². The average Bonchev–Trinajstić information content (AvgIpc) is 3.46. The van der Waals surface area contributed by atoms with Crippen LogP contribution in [0, 0.1) is 5.82 Å². The highest BCUT2D eigenvalue weighted by molar-refractivity contribution is 6.06. The number of nitrogens with one attached hydrogen (secondary N) is 1. The van der Waals surface area contributed by atoms with E-state index in [0.29, 0.717) is 24.2 Å². The molecule has 1 atom stereocenters. The first-order valence-electron chi connectivity index (χ1n) is 13.1. The van der Waals surface area contributed by atoms with Crippen molar-refractivity contribution < 1.29 is 23.5 Å². The molecule has 202 valence electrons. The van der Waals surface area contributed by atoms with Gasteiger partial charge in [0, 0.05) is 42.9 Å². The highest BCUT2D eigenvalue weighted by Crippen LogP contribution is 2.47. The number of nitrogens with zero attached hydrogens (tertiary/aromatic N) is 3. The number of methoxy groups -OCH3 is 1. The van der Waals surface area contributed by atoms with Gasteiger partial charge < -0.3 is 15.0 Å². The molecule has 9 heteroatoms. The number of fused-ring (bicyclic) bond motifs is 4. The lowest BCUT2D eigenvalue weighted by molar-refractivity contribution is -0.143. The van der Waals surface area contributed by atoms with Crippen molar-refractivity contribution in [3.05, 3.63) is 101 Å². The van der Waals surface area contributed by atoms with Crippen molar-refractivity contribution in [2.75, 3.05) is 12.4 Å². The van der Waals surface area contributed by atoms with E-state index in [1.165, 1.54) is 19.2 Å². The first kappa shape index (κ1) is 25.6. The molecule has 1 aliphatic heterocycles. The fraction of sp³-hybridized carbons (Fsp3) is 0.258. The van der Waals surface area contributed by atoms with Gasteiger partial charge in [-0.25, -0.2) is 9.37 Å². The van der Waals surface area contributed by atoms with Crippen molar-refractivity contribution in [3.8, 4) is 0 Å². The summed E-state index contributed by atoms with van der Waals surface area (Å²) in [5.41, 5.74) is 4.68. The second-order valence-corrected chi connectivity index (χ2v) is 10.4. The van der Waals surface area contributed by atoms with Gasteiger partial charge in [0.2, 0.25) is 11.8 Å². The standard InChI is InChI=1S/C31H27FN4O4/c1-40-28(38)8-7-27(37)36(17-19-4-2-5-24(32)11-19)18-20-10-21-12-22-14-31(15-23(22)13-26(21)34-16-20)25-6-3-9-33-29(25)35-30(31)39/h2-6,9-13,16H,7-8,14-15,17-18H2,1H3,(H,33,35,39)/t31-/m0/s1. The van der Waals surface area contributed by atoms with Crippen LogP contribution in [0.4, 0.5) is 10.2 Å². The third-order valence-electron chi connectivity index (χ3n) is 7.79. The number of anilines is 1. The Balaban J connectivity index is 1.27. The molecule has 2 aliphatic rings. The van der Waals surface area contributed by atoms with Crippen molar-refractivity contribution in [3.63, 3.8) is 0 Å². The third kappa shape index (κ3) is 4.68. The lowest BCUT2D eigenvalue weighted by atomic mass is 9.79. The number of esters is 1. The fourth-order valence-electron chi connectivity index (χ4n) is 5.81. The largest absolute Gasteiger partial charge is 0.469 e. The topological polar surface area (TPSA) is 101 Å². The molecule has 2 aromatic heterocycles. The number of ether oxygens (including phenoxy) is 1. The molecule has 1 spiro atoms. The minimum absolute atomic E-state index is 0.0169. The van der Waals surface area contributed by atoms with E-state index in [9.17, 15) is 18.8 Å². The molecule has 2 aromatic carbocycles. The molecular weight excluding hydrogens is 511 g/mol. The summed E-state index contributed by atoms with van der Waals surface area (Å²) in [5.74, 6) is -0.500. The first-order chi connectivity index (χ1) is 19.3. The molecule has 6 rings (SSSR count). The molecule has 4 aromatic rings. The molecule has 0 radical (unpaired) electrons. The Morgan fingerprint density at radius 1 is 1.00 bits per heavy atom. The Morgan fingerprint density at radius 3 is 2.60 bits per heavy atom. The van der Waals surface area contributed by atoms with Crippen LogP contribution in [0.5, 0.6) is 0 Å². The minimum atomic E-state index is -0.667. The monoisotopic (exact) mass is 538 g/mol. The van der Waals surface area contributed by atoms with Crippen molar-refractivity contribution >= 4 is 34.5 Å². The SMILES string of the molecule is COC(=O)CCC(=O)N(Cc1cccc(F)c1)Cc1cnc2cc3c(cc2c1)C[C@@]1(C3)C(=O)Nc2ncccc21. The number of halogens is 1. The van der Waals surface area contributed by atoms with Crippen LogP contribution in [-0.2, 0) is 50.5 Å². The Labute approximate surface area is 230 Å². The maximum atomic E-state index is 13.8. The lowest BCUT2D eigenvalue weighted by Crippen LogP contribution is -2.35. The summed E-state index contributed by atoms with van der Waals surface area (Å²) in [4.78, 5) is 48.4. The van der Waals surface area contributed by atoms with Gasteiger partial charge in [0.25, 0.3) is 0 Å². The van der Waals surface area contributed by atoms with Crippen LogP contribution in [0.3, 0.4) is 0 Å². The zero-order valence-corrected chi connectivity index (χ0v) is 21.9.